The van der Waals surface area contributed by atoms with Gasteiger partial charge in [-0.1, -0.05) is 0 Å². The van der Waals surface area contributed by atoms with Gasteiger partial charge < -0.3 is 4.98 Å². The van der Waals surface area contributed by atoms with Crippen molar-refractivity contribution in [1.82, 2.24) is 15.0 Å². The number of amides is 1. The summed E-state index contributed by atoms with van der Waals surface area (Å²) in [5.74, 6) is -0.413. The Labute approximate surface area is 132 Å². The molecule has 3 heterocycles. The van der Waals surface area contributed by atoms with E-state index >= 15 is 0 Å². The first kappa shape index (κ1) is 13.9. The fourth-order valence-electron chi connectivity index (χ4n) is 1.66. The quantitative estimate of drug-likeness (QED) is 0.767. The number of aromatic nitrogens is 3. The zero-order valence-corrected chi connectivity index (χ0v) is 12.5. The fraction of sp³-hybridized carbons (Fsp3) is 0. The minimum Gasteiger partial charge on any atom is -0.314 e. The Bertz CT molecular complexity index is 878. The lowest BCUT2D eigenvalue weighted by Crippen LogP contribution is -2.13. The van der Waals surface area contributed by atoms with Crippen molar-refractivity contribution < 1.29 is 4.79 Å². The van der Waals surface area contributed by atoms with Crippen LogP contribution in [0.2, 0.25) is 0 Å². The van der Waals surface area contributed by atoms with Crippen molar-refractivity contribution in [3.05, 3.63) is 39.3 Å². The first-order chi connectivity index (χ1) is 10.7. The van der Waals surface area contributed by atoms with Gasteiger partial charge in [-0.05, 0) is 11.4 Å². The Morgan fingerprint density at radius 2 is 2.14 bits per heavy atom. The number of thiophene rings is 1. The average molecular weight is 326 g/mol. The van der Waals surface area contributed by atoms with Crippen molar-refractivity contribution >= 4 is 34.5 Å². The number of nitriles is 2. The Morgan fingerprint density at radius 1 is 1.27 bits per heavy atom. The number of carbonyl (C=O) groups excluding carboxylic acids is 1. The highest BCUT2D eigenvalue weighted by Gasteiger charge is 2.15. The molecule has 7 nitrogen and oxygen atoms in total. The molecule has 0 aliphatic carbocycles. The minimum atomic E-state index is -0.458. The van der Waals surface area contributed by atoms with Gasteiger partial charge in [-0.25, -0.2) is 9.97 Å². The zero-order chi connectivity index (χ0) is 15.5. The highest BCUT2D eigenvalue weighted by molar-refractivity contribution is 7.14. The van der Waals surface area contributed by atoms with Crippen LogP contribution in [0.15, 0.2) is 22.2 Å². The summed E-state index contributed by atoms with van der Waals surface area (Å²) in [5, 5.41) is 26.4. The molecule has 0 saturated carbocycles. The van der Waals surface area contributed by atoms with E-state index in [-0.39, 0.29) is 23.0 Å². The molecule has 3 rings (SSSR count). The molecule has 1 amide bonds. The molecule has 2 N–H and O–H groups in total. The van der Waals surface area contributed by atoms with Gasteiger partial charge in [-0.15, -0.1) is 11.3 Å². The van der Waals surface area contributed by atoms with E-state index in [0.717, 1.165) is 10.6 Å². The normalized spacial score (nSPS) is 9.91. The molecule has 0 aliphatic rings. The second-order valence-electron chi connectivity index (χ2n) is 4.04. The Hall–Kier alpha value is -3.01. The second-order valence-corrected chi connectivity index (χ2v) is 5.67. The molecule has 0 spiro atoms. The summed E-state index contributed by atoms with van der Waals surface area (Å²) in [7, 11) is 0. The zero-order valence-electron chi connectivity index (χ0n) is 10.8. The Balaban J connectivity index is 1.79. The van der Waals surface area contributed by atoms with E-state index in [4.69, 9.17) is 10.5 Å². The van der Waals surface area contributed by atoms with Crippen LogP contribution in [0.4, 0.5) is 5.95 Å². The summed E-state index contributed by atoms with van der Waals surface area (Å²) in [6.45, 7) is 0. The third-order valence-electron chi connectivity index (χ3n) is 2.66. The standard InChI is InChI=1S/C13H6N6OS2/c14-3-8-9(4-15)18-13(17-8)19-11(20)10-6-22-12(16-10)7-1-2-21-5-7/h1-2,5-6H,(H2,17,18,19,20). The predicted molar refractivity (Wildman–Crippen MR) is 81.4 cm³/mol. The number of rotatable bonds is 3. The van der Waals surface area contributed by atoms with E-state index in [1.165, 1.54) is 11.3 Å². The molecule has 106 valence electrons. The number of thiazole rings is 1. The summed E-state index contributed by atoms with van der Waals surface area (Å²) in [5.41, 5.74) is 1.16. The van der Waals surface area contributed by atoms with Gasteiger partial charge in [0.1, 0.15) is 22.8 Å². The van der Waals surface area contributed by atoms with Crippen LogP contribution in [-0.2, 0) is 0 Å². The number of aromatic amines is 1. The van der Waals surface area contributed by atoms with Gasteiger partial charge in [0.25, 0.3) is 5.91 Å². The van der Waals surface area contributed by atoms with E-state index < -0.39 is 5.91 Å². The number of H-pyrrole nitrogens is 1. The molecular formula is C13H6N6OS2. The summed E-state index contributed by atoms with van der Waals surface area (Å²) in [6.07, 6.45) is 0. The van der Waals surface area contributed by atoms with Crippen molar-refractivity contribution in [1.29, 1.82) is 10.5 Å². The fourth-order valence-corrected chi connectivity index (χ4v) is 3.17. The van der Waals surface area contributed by atoms with Gasteiger partial charge in [0.05, 0.1) is 0 Å². The van der Waals surface area contributed by atoms with Gasteiger partial charge in [0, 0.05) is 16.3 Å². The topological polar surface area (TPSA) is 118 Å². The number of hydrogen-bond donors (Lipinski definition) is 2. The van der Waals surface area contributed by atoms with Gasteiger partial charge >= 0.3 is 0 Å². The van der Waals surface area contributed by atoms with Crippen molar-refractivity contribution in [3.63, 3.8) is 0 Å². The molecule has 3 aromatic heterocycles. The van der Waals surface area contributed by atoms with Crippen LogP contribution in [-0.4, -0.2) is 20.9 Å². The SMILES string of the molecule is N#Cc1nc(NC(=O)c2csc(-c3ccsc3)n2)[nH]c1C#N. The summed E-state index contributed by atoms with van der Waals surface area (Å²) < 4.78 is 0. The van der Waals surface area contributed by atoms with Gasteiger partial charge in [0.15, 0.2) is 11.4 Å². The third kappa shape index (κ3) is 2.59. The molecule has 0 fully saturated rings. The van der Waals surface area contributed by atoms with Crippen LogP contribution in [0, 0.1) is 22.7 Å². The Morgan fingerprint density at radius 3 is 2.77 bits per heavy atom. The lowest BCUT2D eigenvalue weighted by Gasteiger charge is -1.97. The maximum atomic E-state index is 12.1. The molecular weight excluding hydrogens is 320 g/mol. The van der Waals surface area contributed by atoms with Gasteiger partial charge in [-0.2, -0.15) is 21.9 Å². The number of anilines is 1. The first-order valence-electron chi connectivity index (χ1n) is 5.91. The molecule has 22 heavy (non-hydrogen) atoms. The van der Waals surface area contributed by atoms with Crippen LogP contribution in [0.5, 0.6) is 0 Å². The molecule has 9 heteroatoms. The van der Waals surface area contributed by atoms with Crippen molar-refractivity contribution in [2.45, 2.75) is 0 Å². The van der Waals surface area contributed by atoms with E-state index in [1.807, 2.05) is 16.8 Å². The highest BCUT2D eigenvalue weighted by Crippen LogP contribution is 2.25. The smallest absolute Gasteiger partial charge is 0.277 e. The second kappa shape index (κ2) is 5.77. The third-order valence-corrected chi connectivity index (χ3v) is 4.23. The van der Waals surface area contributed by atoms with Crippen molar-refractivity contribution in [2.75, 3.05) is 5.32 Å². The predicted octanol–water partition coefficient (Wildman–Crippen LogP) is 2.59. The van der Waals surface area contributed by atoms with Crippen LogP contribution in [0.1, 0.15) is 21.9 Å². The number of nitrogens with zero attached hydrogens (tertiary/aromatic N) is 4. The largest absolute Gasteiger partial charge is 0.314 e. The monoisotopic (exact) mass is 326 g/mol. The average Bonchev–Trinajstić information content (AvgIpc) is 3.25. The van der Waals surface area contributed by atoms with Gasteiger partial charge in [-0.3, -0.25) is 10.1 Å². The van der Waals surface area contributed by atoms with E-state index in [0.29, 0.717) is 0 Å². The number of imidazole rings is 1. The van der Waals surface area contributed by atoms with Crippen molar-refractivity contribution in [2.24, 2.45) is 0 Å². The summed E-state index contributed by atoms with van der Waals surface area (Å²) >= 11 is 2.92. The highest BCUT2D eigenvalue weighted by atomic mass is 32.1. The molecule has 0 atom stereocenters. The van der Waals surface area contributed by atoms with Crippen molar-refractivity contribution in [3.8, 4) is 22.7 Å². The van der Waals surface area contributed by atoms with Gasteiger partial charge in [0.2, 0.25) is 5.95 Å². The lowest BCUT2D eigenvalue weighted by molar-refractivity contribution is 0.102. The van der Waals surface area contributed by atoms with E-state index in [1.54, 1.807) is 28.9 Å². The maximum absolute atomic E-state index is 12.1. The Kier molecular flexibility index (Phi) is 3.66. The van der Waals surface area contributed by atoms with Crippen LogP contribution in [0.25, 0.3) is 10.6 Å². The number of carbonyl (C=O) groups is 1. The molecule has 0 aromatic carbocycles. The summed E-state index contributed by atoms with van der Waals surface area (Å²) in [4.78, 5) is 22.8. The molecule has 0 aliphatic heterocycles. The molecule has 0 unspecified atom stereocenters. The van der Waals surface area contributed by atoms with Crippen LogP contribution < -0.4 is 5.32 Å². The molecule has 0 bridgehead atoms. The van der Waals surface area contributed by atoms with E-state index in [9.17, 15) is 4.79 Å². The minimum absolute atomic E-state index is 0.00930. The van der Waals surface area contributed by atoms with Crippen LogP contribution >= 0.6 is 22.7 Å². The molecule has 0 radical (unpaired) electrons. The maximum Gasteiger partial charge on any atom is 0.277 e. The molecule has 3 aromatic rings. The number of hydrogen-bond acceptors (Lipinski definition) is 7. The van der Waals surface area contributed by atoms with Crippen LogP contribution in [0.3, 0.4) is 0 Å². The van der Waals surface area contributed by atoms with E-state index in [2.05, 4.69) is 20.3 Å². The lowest BCUT2D eigenvalue weighted by atomic mass is 10.3. The first-order valence-corrected chi connectivity index (χ1v) is 7.73. The molecule has 0 saturated heterocycles. The number of nitrogens with one attached hydrogen (secondary N) is 2. The summed E-state index contributed by atoms with van der Waals surface area (Å²) in [6, 6.07) is 5.50.